The molecule has 0 radical (unpaired) electrons. The molecule has 1 unspecified atom stereocenters. The first-order chi connectivity index (χ1) is 49.9. The number of aromatic nitrogens is 13. The summed E-state index contributed by atoms with van der Waals surface area (Å²) in [6, 6.07) is 2.08. The molecule has 30 heteroatoms. The molecule has 3 aliphatic rings. The van der Waals surface area contributed by atoms with Crippen LogP contribution in [-0.4, -0.2) is 215 Å². The van der Waals surface area contributed by atoms with Gasteiger partial charge in [-0.25, -0.2) is 19.6 Å². The Morgan fingerprint density at radius 1 is 0.642 bits per heavy atom. The fourth-order valence-corrected chi connectivity index (χ4v) is 11.8. The molecule has 0 aromatic carbocycles. The van der Waals surface area contributed by atoms with Crippen LogP contribution >= 0.6 is 22.7 Å². The Kier molecular flexibility index (Phi) is 45.7. The van der Waals surface area contributed by atoms with E-state index in [0.717, 1.165) is 85.3 Å². The Balaban J connectivity index is 0.000000414. The molecule has 0 aliphatic carbocycles. The zero-order valence-corrected chi connectivity index (χ0v) is 70.2. The largest absolute Gasteiger partial charge is 0.428 e. The van der Waals surface area contributed by atoms with Gasteiger partial charge in [0.05, 0.1) is 49.6 Å². The molecule has 3 aliphatic heterocycles. The number of amides is 7. The standard InChI is InChI=1S/C12H22N2O2.C11H18N4O.C11H21NO.C10H18N4O.C10H17N3O.C10H16N2OS.C6H10N2O.C6H10N2S/c1-9(2)7-12(16)13(3)8-10-5-6-11(15)14(10)4;1-8(2)6-11(16)14-4-5-15-10(7-14)12-9(3)13-15;1-9(2)8-11(13)12-6-4-10(3)5-7-12;1-9(2)6-10(15)13(3)4-5-14-8-11-7-12-14;1-8(2)6-10(14)13(3)7-9-4-5-11-12-9;1-8(2)4-10(13)12(3)5-9-6-14-7-11-9;2*1-5(2)3-6-8-7-4-9-6/h9-10H,5-8H2,1-4H3;8H,4-7H2,1-3H3;9-10H,4-8H2,1-3H3;7-9H,4-6H2,1-3H3;4-5,8H,6-7H2,1-3H3,(H,11,12);6-8H,4-5H2,1-3H3;2*4-5H,3H2,1-2H3. The van der Waals surface area contributed by atoms with Crippen LogP contribution in [0.4, 0.5) is 0 Å². The molecule has 596 valence electrons. The third-order valence-corrected chi connectivity index (χ3v) is 17.9. The van der Waals surface area contributed by atoms with Gasteiger partial charge in [-0.1, -0.05) is 118 Å². The summed E-state index contributed by atoms with van der Waals surface area (Å²) in [6.07, 6.45) is 15.7. The molecule has 6 aromatic rings. The van der Waals surface area contributed by atoms with Crippen LogP contribution < -0.4 is 0 Å². The SMILES string of the molecule is CC(C)CC(=O)N(C)CC1CCC(=O)N1C.CC(C)CC(=O)N(C)CCn1cncn1.CC(C)CC(=O)N(C)Cc1ccn[nH]1.CC(C)CC(=O)N(C)Cc1cscn1.CC(C)CC(=O)N1CCC(C)CC1.CC(C)Cc1nnco1.CC(C)Cc1nncs1.Cc1nc2n(n1)CCN(C(=O)CC(C)C)C2. The number of piperidine rings is 1. The summed E-state index contributed by atoms with van der Waals surface area (Å²) in [5.41, 5.74) is 5.49. The second-order valence-corrected chi connectivity index (χ2v) is 32.8. The summed E-state index contributed by atoms with van der Waals surface area (Å²) in [5.74, 6) is 8.51. The first-order valence-electron chi connectivity index (χ1n) is 37.8. The average Bonchev–Trinajstić information content (AvgIpc) is 1.67. The van der Waals surface area contributed by atoms with E-state index in [9.17, 15) is 33.6 Å². The lowest BCUT2D eigenvalue weighted by atomic mass is 9.98. The monoisotopic (exact) mass is 1520 g/mol. The van der Waals surface area contributed by atoms with E-state index in [4.69, 9.17) is 4.42 Å². The second kappa shape index (κ2) is 51.4. The van der Waals surface area contributed by atoms with Crippen LogP contribution in [0.15, 0.2) is 52.1 Å². The molecule has 9 heterocycles. The number of nitrogens with zero attached hydrogens (tertiary/aromatic N) is 19. The first kappa shape index (κ1) is 94.2. The van der Waals surface area contributed by atoms with Gasteiger partial charge in [-0.15, -0.1) is 43.1 Å². The molecular weight excluding hydrogens is 1390 g/mol. The van der Waals surface area contributed by atoms with Crippen LogP contribution in [0.1, 0.15) is 216 Å². The van der Waals surface area contributed by atoms with Crippen molar-refractivity contribution < 1.29 is 38.0 Å². The normalized spacial score (nSPS) is 13.9. The van der Waals surface area contributed by atoms with Gasteiger partial charge in [0.25, 0.3) is 0 Å². The lowest BCUT2D eigenvalue weighted by Gasteiger charge is -2.30. The maximum atomic E-state index is 11.9. The van der Waals surface area contributed by atoms with Gasteiger partial charge < -0.3 is 38.7 Å². The fraction of sp³-hybridized carbons (Fsp3) is 0.724. The molecule has 1 N–H and O–H groups in total. The Labute approximate surface area is 641 Å². The maximum absolute atomic E-state index is 11.9. The van der Waals surface area contributed by atoms with Gasteiger partial charge in [-0.05, 0) is 85.5 Å². The zero-order chi connectivity index (χ0) is 79.6. The van der Waals surface area contributed by atoms with Gasteiger partial charge >= 0.3 is 0 Å². The molecular formula is C76H132N20O8S2. The van der Waals surface area contributed by atoms with Crippen LogP contribution in [0.25, 0.3) is 0 Å². The van der Waals surface area contributed by atoms with Crippen LogP contribution in [-0.2, 0) is 79.1 Å². The summed E-state index contributed by atoms with van der Waals surface area (Å²) in [7, 11) is 9.10. The summed E-state index contributed by atoms with van der Waals surface area (Å²) in [6.45, 7) is 44.8. The molecule has 28 nitrogen and oxygen atoms in total. The molecule has 0 spiro atoms. The predicted octanol–water partition coefficient (Wildman–Crippen LogP) is 11.7. The van der Waals surface area contributed by atoms with Gasteiger partial charge in [0.2, 0.25) is 53.6 Å². The quantitative estimate of drug-likeness (QED) is 0.0556. The summed E-state index contributed by atoms with van der Waals surface area (Å²) in [5, 5.41) is 33.0. The number of thiazole rings is 1. The van der Waals surface area contributed by atoms with Gasteiger partial charge in [0.1, 0.15) is 34.8 Å². The summed E-state index contributed by atoms with van der Waals surface area (Å²) < 4.78 is 8.54. The third-order valence-electron chi connectivity index (χ3n) is 16.5. The fourth-order valence-electron chi connectivity index (χ4n) is 10.6. The van der Waals surface area contributed by atoms with Crippen molar-refractivity contribution in [2.75, 3.05) is 68.0 Å². The lowest BCUT2D eigenvalue weighted by molar-refractivity contribution is -0.134. The minimum atomic E-state index is 0.169. The smallest absolute Gasteiger partial charge is 0.223 e. The predicted molar refractivity (Wildman–Crippen MR) is 418 cm³/mol. The van der Waals surface area contributed by atoms with Gasteiger partial charge in [0, 0.05) is 143 Å². The third kappa shape index (κ3) is 41.9. The molecule has 9 rings (SSSR count). The highest BCUT2D eigenvalue weighted by molar-refractivity contribution is 7.09. The average molecular weight is 1520 g/mol. The van der Waals surface area contributed by atoms with E-state index in [0.29, 0.717) is 137 Å². The van der Waals surface area contributed by atoms with Crippen molar-refractivity contribution in [1.29, 1.82) is 0 Å². The van der Waals surface area contributed by atoms with E-state index in [1.807, 2.05) is 110 Å². The minimum Gasteiger partial charge on any atom is -0.428 e. The highest BCUT2D eigenvalue weighted by Gasteiger charge is 2.30. The number of hydrogen-bond donors (Lipinski definition) is 1. The van der Waals surface area contributed by atoms with E-state index < -0.39 is 0 Å². The number of rotatable bonds is 25. The van der Waals surface area contributed by atoms with E-state index in [1.165, 1.54) is 25.6 Å². The highest BCUT2D eigenvalue weighted by Crippen LogP contribution is 2.20. The van der Waals surface area contributed by atoms with Crippen molar-refractivity contribution in [2.45, 2.75) is 240 Å². The van der Waals surface area contributed by atoms with Crippen molar-refractivity contribution in [1.82, 2.24) is 99.4 Å². The Bertz CT molecular complexity index is 3210. The van der Waals surface area contributed by atoms with Crippen LogP contribution in [0, 0.1) is 60.2 Å². The lowest BCUT2D eigenvalue weighted by Crippen LogP contribution is -2.41. The number of fused-ring (bicyclic) bond motifs is 1. The minimum absolute atomic E-state index is 0.169. The van der Waals surface area contributed by atoms with E-state index >= 15 is 0 Å². The molecule has 6 aromatic heterocycles. The topological polar surface area (TPSA) is 310 Å². The summed E-state index contributed by atoms with van der Waals surface area (Å²) >= 11 is 3.19. The number of hydrogen-bond acceptors (Lipinski definition) is 20. The number of nitrogens with one attached hydrogen (secondary N) is 1. The first-order valence-corrected chi connectivity index (χ1v) is 39.6. The van der Waals surface area contributed by atoms with Crippen molar-refractivity contribution in [3.63, 3.8) is 0 Å². The second-order valence-electron chi connectivity index (χ2n) is 31.1. The van der Waals surface area contributed by atoms with Crippen LogP contribution in [0.3, 0.4) is 0 Å². The molecule has 0 saturated carbocycles. The van der Waals surface area contributed by atoms with Crippen molar-refractivity contribution in [3.05, 3.63) is 81.6 Å². The molecule has 7 amide bonds. The van der Waals surface area contributed by atoms with Crippen molar-refractivity contribution in [2.24, 2.45) is 53.3 Å². The maximum Gasteiger partial charge on any atom is 0.223 e. The Morgan fingerprint density at radius 2 is 1.20 bits per heavy atom. The van der Waals surface area contributed by atoms with E-state index in [-0.39, 0.29) is 41.5 Å². The molecule has 106 heavy (non-hydrogen) atoms. The van der Waals surface area contributed by atoms with Gasteiger partial charge in [-0.2, -0.15) is 15.3 Å². The van der Waals surface area contributed by atoms with Crippen LogP contribution in [0.5, 0.6) is 0 Å². The number of H-pyrrole nitrogens is 1. The molecule has 2 fully saturated rings. The number of carbonyl (C=O) groups excluding carboxylic acids is 7. The Morgan fingerprint density at radius 3 is 1.66 bits per heavy atom. The number of carbonyl (C=O) groups is 7. The number of likely N-dealkylation sites (tertiary alicyclic amines) is 2. The number of aryl methyl sites for hydroxylation is 1. The molecule has 0 bridgehead atoms. The van der Waals surface area contributed by atoms with Gasteiger partial charge in [0.15, 0.2) is 0 Å². The number of aromatic amines is 1. The molecule has 1 atom stereocenters. The van der Waals surface area contributed by atoms with E-state index in [2.05, 4.69) is 132 Å². The van der Waals surface area contributed by atoms with Crippen molar-refractivity contribution >= 4 is 64.0 Å². The van der Waals surface area contributed by atoms with Gasteiger partial charge in [-0.3, -0.25) is 43.3 Å². The van der Waals surface area contributed by atoms with E-state index in [1.54, 1.807) is 75.4 Å². The number of likely N-dealkylation sites (N-methyl/N-ethyl adjacent to an activating group) is 3. The van der Waals surface area contributed by atoms with Crippen LogP contribution in [0.2, 0.25) is 0 Å². The zero-order valence-electron chi connectivity index (χ0n) is 68.5. The summed E-state index contributed by atoms with van der Waals surface area (Å²) in [4.78, 5) is 106. The Hall–Kier alpha value is -7.89. The van der Waals surface area contributed by atoms with Crippen molar-refractivity contribution in [3.8, 4) is 0 Å². The highest BCUT2D eigenvalue weighted by atomic mass is 32.1. The molecule has 2 saturated heterocycles.